The molecule has 27 heavy (non-hydrogen) atoms. The zero-order chi connectivity index (χ0) is 18.6. The van der Waals surface area contributed by atoms with Crippen LogP contribution in [0.15, 0.2) is 77.9 Å². The van der Waals surface area contributed by atoms with Gasteiger partial charge in [0.1, 0.15) is 12.3 Å². The average Bonchev–Trinajstić information content (AvgIpc) is 3.15. The molecule has 6 heteroatoms. The van der Waals surface area contributed by atoms with Gasteiger partial charge in [-0.2, -0.15) is 0 Å². The van der Waals surface area contributed by atoms with Crippen LogP contribution in [0.25, 0.3) is 10.9 Å². The van der Waals surface area contributed by atoms with E-state index in [0.29, 0.717) is 5.69 Å². The van der Waals surface area contributed by atoms with E-state index in [9.17, 15) is 9.59 Å². The van der Waals surface area contributed by atoms with Crippen molar-refractivity contribution in [2.75, 3.05) is 5.32 Å². The highest BCUT2D eigenvalue weighted by Gasteiger charge is 2.11. The SMILES string of the molecule is O=C(Nc1ccc2[nH]ccc2c1)c1cc(=O)c(OCc2ccccc2)c[nH]1. The van der Waals surface area contributed by atoms with E-state index in [4.69, 9.17) is 4.74 Å². The highest BCUT2D eigenvalue weighted by molar-refractivity contribution is 6.03. The molecule has 0 saturated heterocycles. The normalized spacial score (nSPS) is 10.7. The van der Waals surface area contributed by atoms with Gasteiger partial charge < -0.3 is 20.0 Å². The molecule has 0 atom stereocenters. The maximum atomic E-state index is 12.4. The minimum absolute atomic E-state index is 0.168. The number of nitrogens with one attached hydrogen (secondary N) is 3. The molecular formula is C21H17N3O3. The highest BCUT2D eigenvalue weighted by atomic mass is 16.5. The van der Waals surface area contributed by atoms with Crippen LogP contribution in [-0.4, -0.2) is 15.9 Å². The summed E-state index contributed by atoms with van der Waals surface area (Å²) in [5.74, 6) is -0.222. The fourth-order valence-corrected chi connectivity index (χ4v) is 2.77. The molecule has 0 spiro atoms. The van der Waals surface area contributed by atoms with Crippen LogP contribution in [0.1, 0.15) is 16.1 Å². The summed E-state index contributed by atoms with van der Waals surface area (Å²) < 4.78 is 5.54. The molecule has 4 rings (SSSR count). The second kappa shape index (κ2) is 7.21. The second-order valence-corrected chi connectivity index (χ2v) is 6.08. The number of pyridine rings is 1. The first kappa shape index (κ1) is 16.7. The lowest BCUT2D eigenvalue weighted by molar-refractivity contribution is 0.102. The summed E-state index contributed by atoms with van der Waals surface area (Å²) in [6.07, 6.45) is 3.25. The van der Waals surface area contributed by atoms with Crippen molar-refractivity contribution in [3.8, 4) is 5.75 Å². The molecule has 0 aliphatic rings. The Bertz CT molecular complexity index is 1150. The molecule has 4 aromatic rings. The summed E-state index contributed by atoms with van der Waals surface area (Å²) in [6.45, 7) is 0.284. The van der Waals surface area contributed by atoms with Crippen LogP contribution in [0.2, 0.25) is 0 Å². The van der Waals surface area contributed by atoms with E-state index in [-0.39, 0.29) is 23.5 Å². The molecule has 0 radical (unpaired) electrons. The second-order valence-electron chi connectivity index (χ2n) is 6.08. The Labute approximate surface area is 154 Å². The number of H-pyrrole nitrogens is 2. The predicted molar refractivity (Wildman–Crippen MR) is 104 cm³/mol. The number of carbonyl (C=O) groups is 1. The summed E-state index contributed by atoms with van der Waals surface area (Å²) in [5, 5.41) is 3.77. The van der Waals surface area contributed by atoms with Crippen LogP contribution in [0.3, 0.4) is 0 Å². The molecule has 2 aromatic heterocycles. The Morgan fingerprint density at radius 1 is 1.00 bits per heavy atom. The number of rotatable bonds is 5. The lowest BCUT2D eigenvalue weighted by atomic mass is 10.2. The standard InChI is InChI=1S/C21H17N3O3/c25-19-11-18(23-12-20(19)27-13-14-4-2-1-3-5-14)21(26)24-16-6-7-17-15(10-16)8-9-22-17/h1-12,22H,13H2,(H,23,25)(H,24,26). The first-order valence-corrected chi connectivity index (χ1v) is 8.47. The van der Waals surface area contributed by atoms with Gasteiger partial charge in [0.2, 0.25) is 5.43 Å². The number of anilines is 1. The smallest absolute Gasteiger partial charge is 0.272 e. The van der Waals surface area contributed by atoms with Gasteiger partial charge in [-0.1, -0.05) is 30.3 Å². The average molecular weight is 359 g/mol. The van der Waals surface area contributed by atoms with Crippen molar-refractivity contribution >= 4 is 22.5 Å². The Kier molecular flexibility index (Phi) is 4.45. The van der Waals surface area contributed by atoms with Gasteiger partial charge in [0.05, 0.1) is 0 Å². The molecule has 0 bridgehead atoms. The molecule has 2 aromatic carbocycles. The van der Waals surface area contributed by atoms with Crippen molar-refractivity contribution < 1.29 is 9.53 Å². The van der Waals surface area contributed by atoms with Crippen molar-refractivity contribution in [1.82, 2.24) is 9.97 Å². The Hall–Kier alpha value is -3.80. The van der Waals surface area contributed by atoms with Gasteiger partial charge in [-0.25, -0.2) is 0 Å². The van der Waals surface area contributed by atoms with Crippen LogP contribution in [0.4, 0.5) is 5.69 Å². The number of aromatic amines is 2. The molecule has 134 valence electrons. The van der Waals surface area contributed by atoms with E-state index in [1.807, 2.05) is 54.7 Å². The monoisotopic (exact) mass is 359 g/mol. The Morgan fingerprint density at radius 2 is 1.85 bits per heavy atom. The summed E-state index contributed by atoms with van der Waals surface area (Å²) in [5.41, 5.74) is 2.41. The molecule has 3 N–H and O–H groups in total. The van der Waals surface area contributed by atoms with Crippen molar-refractivity contribution in [2.45, 2.75) is 6.61 Å². The minimum Gasteiger partial charge on any atom is -0.483 e. The van der Waals surface area contributed by atoms with Crippen LogP contribution in [0, 0.1) is 0 Å². The van der Waals surface area contributed by atoms with Gasteiger partial charge in [0.15, 0.2) is 5.75 Å². The third kappa shape index (κ3) is 3.74. The first-order valence-electron chi connectivity index (χ1n) is 8.47. The third-order valence-electron chi connectivity index (χ3n) is 4.17. The van der Waals surface area contributed by atoms with Crippen molar-refractivity contribution in [3.63, 3.8) is 0 Å². The van der Waals surface area contributed by atoms with E-state index in [2.05, 4.69) is 15.3 Å². The highest BCUT2D eigenvalue weighted by Crippen LogP contribution is 2.18. The lowest BCUT2D eigenvalue weighted by Gasteiger charge is -2.08. The number of carbonyl (C=O) groups excluding carboxylic acids is 1. The number of hydrogen-bond donors (Lipinski definition) is 3. The topological polar surface area (TPSA) is 87.0 Å². The maximum Gasteiger partial charge on any atom is 0.272 e. The van der Waals surface area contributed by atoms with E-state index in [1.54, 1.807) is 6.07 Å². The zero-order valence-corrected chi connectivity index (χ0v) is 14.4. The van der Waals surface area contributed by atoms with Gasteiger partial charge in [-0.15, -0.1) is 0 Å². The molecule has 2 heterocycles. The van der Waals surface area contributed by atoms with E-state index in [0.717, 1.165) is 16.5 Å². The largest absolute Gasteiger partial charge is 0.483 e. The predicted octanol–water partition coefficient (Wildman–Crippen LogP) is 3.69. The fraction of sp³-hybridized carbons (Fsp3) is 0.0476. The fourth-order valence-electron chi connectivity index (χ4n) is 2.77. The molecule has 0 saturated carbocycles. The molecule has 0 fully saturated rings. The third-order valence-corrected chi connectivity index (χ3v) is 4.17. The summed E-state index contributed by atoms with van der Waals surface area (Å²) >= 11 is 0. The molecular weight excluding hydrogens is 342 g/mol. The quantitative estimate of drug-likeness (QED) is 0.508. The van der Waals surface area contributed by atoms with Crippen LogP contribution in [-0.2, 0) is 6.61 Å². The number of aromatic nitrogens is 2. The first-order chi connectivity index (χ1) is 13.2. The van der Waals surface area contributed by atoms with Gasteiger partial charge in [-0.3, -0.25) is 9.59 Å². The van der Waals surface area contributed by atoms with Gasteiger partial charge in [-0.05, 0) is 29.8 Å². The number of amides is 1. The summed E-state index contributed by atoms with van der Waals surface area (Å²) in [6, 6.07) is 18.3. The van der Waals surface area contributed by atoms with Crippen LogP contribution in [0.5, 0.6) is 5.75 Å². The molecule has 0 unspecified atom stereocenters. The van der Waals surface area contributed by atoms with Crippen molar-refractivity contribution in [2.24, 2.45) is 0 Å². The van der Waals surface area contributed by atoms with Crippen molar-refractivity contribution in [1.29, 1.82) is 0 Å². The minimum atomic E-state index is -0.392. The number of hydrogen-bond acceptors (Lipinski definition) is 3. The maximum absolute atomic E-state index is 12.4. The number of fused-ring (bicyclic) bond motifs is 1. The molecule has 0 aliphatic heterocycles. The van der Waals surface area contributed by atoms with Crippen molar-refractivity contribution in [3.05, 3.63) is 94.5 Å². The number of benzene rings is 2. The van der Waals surface area contributed by atoms with Gasteiger partial charge in [0, 0.05) is 35.1 Å². The van der Waals surface area contributed by atoms with E-state index < -0.39 is 5.91 Å². The lowest BCUT2D eigenvalue weighted by Crippen LogP contribution is -2.17. The van der Waals surface area contributed by atoms with E-state index in [1.165, 1.54) is 12.3 Å². The van der Waals surface area contributed by atoms with Crippen LogP contribution >= 0.6 is 0 Å². The summed E-state index contributed by atoms with van der Waals surface area (Å²) in [7, 11) is 0. The Balaban J connectivity index is 1.46. The number of ether oxygens (including phenoxy) is 1. The Morgan fingerprint density at radius 3 is 2.67 bits per heavy atom. The molecule has 6 nitrogen and oxygen atoms in total. The molecule has 0 aliphatic carbocycles. The van der Waals surface area contributed by atoms with Crippen LogP contribution < -0.4 is 15.5 Å². The zero-order valence-electron chi connectivity index (χ0n) is 14.4. The van der Waals surface area contributed by atoms with Gasteiger partial charge in [0.25, 0.3) is 5.91 Å². The van der Waals surface area contributed by atoms with Gasteiger partial charge >= 0.3 is 0 Å². The van der Waals surface area contributed by atoms with E-state index >= 15 is 0 Å². The molecule has 1 amide bonds. The summed E-state index contributed by atoms with van der Waals surface area (Å²) in [4.78, 5) is 30.5.